The van der Waals surface area contributed by atoms with Crippen molar-refractivity contribution in [2.24, 2.45) is 5.41 Å². The highest BCUT2D eigenvalue weighted by molar-refractivity contribution is 7.88. The van der Waals surface area contributed by atoms with Crippen LogP contribution in [0.15, 0.2) is 5.70 Å². The fraction of sp³-hybridized carbons (Fsp3) is 0.600. The molecule has 2 heterocycles. The third-order valence-corrected chi connectivity index (χ3v) is 6.50. The molecule has 2 rings (SSSR count). The molecule has 0 radical (unpaired) electrons. The molecule has 38 heavy (non-hydrogen) atoms. The maximum absolute atomic E-state index is 13.3. The van der Waals surface area contributed by atoms with Gasteiger partial charge in [0.05, 0.1) is 26.9 Å². The number of methoxy groups -OCH3 is 2. The molecule has 1 aliphatic rings. The number of aromatic nitrogens is 1. The summed E-state index contributed by atoms with van der Waals surface area (Å²) in [5.74, 6) is -2.16. The molecule has 0 unspecified atom stereocenters. The lowest BCUT2D eigenvalue weighted by atomic mass is 9.85. The van der Waals surface area contributed by atoms with Crippen molar-refractivity contribution in [3.63, 3.8) is 0 Å². The Bertz CT molecular complexity index is 1250. The Morgan fingerprint density at radius 2 is 1.63 bits per heavy atom. The van der Waals surface area contributed by atoms with Gasteiger partial charge >= 0.3 is 17.9 Å². The van der Waals surface area contributed by atoms with E-state index in [4.69, 9.17) is 14.2 Å². The van der Waals surface area contributed by atoms with Crippen LogP contribution in [0.4, 0.5) is 0 Å². The molecule has 0 bridgehead atoms. The number of carbonyl (C=O) groups excluding carboxylic acids is 4. The van der Waals surface area contributed by atoms with Crippen LogP contribution in [0.1, 0.15) is 74.8 Å². The van der Waals surface area contributed by atoms with Crippen molar-refractivity contribution in [2.75, 3.05) is 27.0 Å². The van der Waals surface area contributed by atoms with Crippen LogP contribution in [-0.2, 0) is 51.5 Å². The van der Waals surface area contributed by atoms with E-state index in [0.29, 0.717) is 22.4 Å². The van der Waals surface area contributed by atoms with Crippen molar-refractivity contribution in [1.82, 2.24) is 15.0 Å². The Labute approximate surface area is 222 Å². The Morgan fingerprint density at radius 1 is 1.03 bits per heavy atom. The Hall–Kier alpha value is -3.19. The number of allylic oxidation sites excluding steroid dienone is 1. The first-order chi connectivity index (χ1) is 17.4. The first-order valence-electron chi connectivity index (χ1n) is 12.0. The summed E-state index contributed by atoms with van der Waals surface area (Å²) in [5.41, 5.74) is 0.0826. The summed E-state index contributed by atoms with van der Waals surface area (Å²) in [6.07, 6.45) is 0.749. The van der Waals surface area contributed by atoms with Gasteiger partial charge in [-0.2, -0.15) is 0 Å². The van der Waals surface area contributed by atoms with Crippen LogP contribution in [0.3, 0.4) is 0 Å². The normalized spacial score (nSPS) is 16.6. The van der Waals surface area contributed by atoms with Crippen LogP contribution in [0.25, 0.3) is 5.57 Å². The summed E-state index contributed by atoms with van der Waals surface area (Å²) in [7, 11) is -1.23. The number of H-pyrrole nitrogens is 1. The molecular formula is C25H37N3O9S. The van der Waals surface area contributed by atoms with Gasteiger partial charge in [-0.25, -0.2) is 17.9 Å². The second-order valence-corrected chi connectivity index (χ2v) is 12.6. The topological polar surface area (TPSA) is 170 Å². The van der Waals surface area contributed by atoms with E-state index >= 15 is 0 Å². The molecule has 1 fully saturated rings. The lowest BCUT2D eigenvalue weighted by molar-refractivity contribution is -0.141. The van der Waals surface area contributed by atoms with E-state index in [2.05, 4.69) is 15.0 Å². The zero-order valence-electron chi connectivity index (χ0n) is 23.1. The van der Waals surface area contributed by atoms with Crippen LogP contribution >= 0.6 is 0 Å². The molecule has 0 atom stereocenters. The predicted molar refractivity (Wildman–Crippen MR) is 138 cm³/mol. The Morgan fingerprint density at radius 3 is 2.11 bits per heavy atom. The summed E-state index contributed by atoms with van der Waals surface area (Å²) in [5, 5.41) is 2.81. The molecule has 1 aliphatic heterocycles. The lowest BCUT2D eigenvalue weighted by Gasteiger charge is -2.23. The van der Waals surface area contributed by atoms with E-state index in [1.54, 1.807) is 20.8 Å². The van der Waals surface area contributed by atoms with Crippen molar-refractivity contribution in [3.8, 4) is 0 Å². The molecule has 13 heteroatoms. The number of carbonyl (C=O) groups is 4. The highest BCUT2D eigenvalue weighted by atomic mass is 32.2. The molecule has 0 aromatic carbocycles. The van der Waals surface area contributed by atoms with E-state index in [0.717, 1.165) is 6.26 Å². The minimum Gasteiger partial charge on any atom is -0.469 e. The quantitative estimate of drug-likeness (QED) is 0.287. The fourth-order valence-corrected chi connectivity index (χ4v) is 4.59. The zero-order chi connectivity index (χ0) is 29.1. The fourth-order valence-electron chi connectivity index (χ4n) is 4.19. The van der Waals surface area contributed by atoms with E-state index in [1.807, 2.05) is 13.8 Å². The molecule has 1 saturated heterocycles. The molecule has 1 aromatic rings. The van der Waals surface area contributed by atoms with Gasteiger partial charge in [-0.1, -0.05) is 13.8 Å². The highest BCUT2D eigenvalue weighted by Crippen LogP contribution is 2.40. The maximum Gasteiger partial charge on any atom is 0.355 e. The van der Waals surface area contributed by atoms with Gasteiger partial charge < -0.3 is 24.5 Å². The average molecular weight is 556 g/mol. The molecule has 0 spiro atoms. The minimum atomic E-state index is -3.67. The average Bonchev–Trinajstić information content (AvgIpc) is 3.25. The van der Waals surface area contributed by atoms with Gasteiger partial charge in [0.15, 0.2) is 0 Å². The van der Waals surface area contributed by atoms with E-state index < -0.39 is 38.9 Å². The van der Waals surface area contributed by atoms with E-state index in [9.17, 15) is 27.6 Å². The van der Waals surface area contributed by atoms with Gasteiger partial charge in [-0.3, -0.25) is 14.4 Å². The van der Waals surface area contributed by atoms with Crippen molar-refractivity contribution in [1.29, 1.82) is 0 Å². The van der Waals surface area contributed by atoms with Crippen LogP contribution in [0.5, 0.6) is 0 Å². The lowest BCUT2D eigenvalue weighted by Crippen LogP contribution is -2.28. The molecule has 1 amide bonds. The summed E-state index contributed by atoms with van der Waals surface area (Å²) < 4.78 is 41.7. The standard InChI is InChI=1S/C25H37N3O9S/c1-24(2,3)37-23(32)21-14(9-10-18(30)35-6)15(11-19(31)36-7)20(28-21)16(13-26-38(8,33)34)22-25(4,5)12-17(29)27-22/h26,28H,9-13H2,1-8H3,(H,27,29)/b22-16-. The van der Waals surface area contributed by atoms with Crippen LogP contribution in [-0.4, -0.2) is 69.8 Å². The molecule has 0 aliphatic carbocycles. The number of amides is 1. The van der Waals surface area contributed by atoms with Gasteiger partial charge in [0.1, 0.15) is 11.3 Å². The monoisotopic (exact) mass is 555 g/mol. The molecule has 212 valence electrons. The SMILES string of the molecule is COC(=O)CCc1c(C(=O)OC(C)(C)C)[nH]c(/C(CNS(C)(=O)=O)=C2\NC(=O)CC2(C)C)c1CC(=O)OC. The number of hydrogen-bond donors (Lipinski definition) is 3. The van der Waals surface area contributed by atoms with Crippen LogP contribution in [0, 0.1) is 5.41 Å². The number of esters is 3. The predicted octanol–water partition coefficient (Wildman–Crippen LogP) is 1.60. The van der Waals surface area contributed by atoms with Gasteiger partial charge in [0.2, 0.25) is 15.9 Å². The molecule has 1 aromatic heterocycles. The van der Waals surface area contributed by atoms with Crippen molar-refractivity contribution in [3.05, 3.63) is 28.2 Å². The summed E-state index contributed by atoms with van der Waals surface area (Å²) in [6.45, 7) is 8.46. The third kappa shape index (κ3) is 8.15. The molecule has 0 saturated carbocycles. The number of aromatic amines is 1. The number of nitrogens with one attached hydrogen (secondary N) is 3. The van der Waals surface area contributed by atoms with Crippen molar-refractivity contribution < 1.29 is 41.8 Å². The van der Waals surface area contributed by atoms with Gasteiger partial charge in [-0.15, -0.1) is 0 Å². The van der Waals surface area contributed by atoms with Gasteiger partial charge in [0, 0.05) is 41.8 Å². The third-order valence-electron chi connectivity index (χ3n) is 5.83. The molecule has 12 nitrogen and oxygen atoms in total. The van der Waals surface area contributed by atoms with Crippen molar-refractivity contribution in [2.45, 2.75) is 65.9 Å². The number of hydrogen-bond acceptors (Lipinski definition) is 9. The second kappa shape index (κ2) is 11.7. The first kappa shape index (κ1) is 31.0. The van der Waals surface area contributed by atoms with Crippen LogP contribution in [0.2, 0.25) is 0 Å². The zero-order valence-corrected chi connectivity index (χ0v) is 23.9. The van der Waals surface area contributed by atoms with Crippen LogP contribution < -0.4 is 10.0 Å². The minimum absolute atomic E-state index is 0.00248. The highest BCUT2D eigenvalue weighted by Gasteiger charge is 2.39. The maximum atomic E-state index is 13.3. The Balaban J connectivity index is 2.90. The largest absolute Gasteiger partial charge is 0.469 e. The number of sulfonamides is 1. The van der Waals surface area contributed by atoms with Gasteiger partial charge in [-0.05, 0) is 38.3 Å². The second-order valence-electron chi connectivity index (χ2n) is 10.7. The number of ether oxygens (including phenoxy) is 3. The molecular weight excluding hydrogens is 518 g/mol. The summed E-state index contributed by atoms with van der Waals surface area (Å²) >= 11 is 0. The molecule has 3 N–H and O–H groups in total. The number of rotatable bonds is 10. The first-order valence-corrected chi connectivity index (χ1v) is 13.9. The van der Waals surface area contributed by atoms with E-state index in [1.165, 1.54) is 14.2 Å². The summed E-state index contributed by atoms with van der Waals surface area (Å²) in [6, 6.07) is 0. The van der Waals surface area contributed by atoms with Gasteiger partial charge in [0.25, 0.3) is 0 Å². The van der Waals surface area contributed by atoms with Crippen molar-refractivity contribution >= 4 is 39.4 Å². The van der Waals surface area contributed by atoms with E-state index in [-0.39, 0.29) is 49.5 Å². The smallest absolute Gasteiger partial charge is 0.355 e. The Kier molecular flexibility index (Phi) is 9.54. The summed E-state index contributed by atoms with van der Waals surface area (Å²) in [4.78, 5) is 53.2.